The van der Waals surface area contributed by atoms with Crippen LogP contribution < -0.4 is 10.5 Å². The highest BCUT2D eigenvalue weighted by molar-refractivity contribution is 5.92. The predicted octanol–water partition coefficient (Wildman–Crippen LogP) is 3.35. The van der Waals surface area contributed by atoms with E-state index in [0.717, 1.165) is 5.69 Å². The van der Waals surface area contributed by atoms with Crippen molar-refractivity contribution >= 4 is 11.7 Å². The summed E-state index contributed by atoms with van der Waals surface area (Å²) in [6.45, 7) is 3.67. The average Bonchev–Trinajstić information content (AvgIpc) is 3.09. The molecule has 31 heavy (non-hydrogen) atoms. The van der Waals surface area contributed by atoms with Crippen molar-refractivity contribution in [2.24, 2.45) is 5.73 Å². The number of hydrogen-bond donors (Lipinski definition) is 1. The molecule has 0 radical (unpaired) electrons. The number of nitro groups is 1. The second-order valence-electron chi connectivity index (χ2n) is 6.93. The number of hydrogen-bond acceptors (Lipinski definition) is 7. The van der Waals surface area contributed by atoms with Gasteiger partial charge < -0.3 is 15.2 Å². The first kappa shape index (κ1) is 20.1. The Bertz CT molecular complexity index is 1180. The molecule has 158 valence electrons. The van der Waals surface area contributed by atoms with Crippen molar-refractivity contribution in [2.75, 3.05) is 6.61 Å². The van der Waals surface area contributed by atoms with E-state index in [1.807, 2.05) is 37.3 Å². The van der Waals surface area contributed by atoms with Crippen LogP contribution in [0.2, 0.25) is 0 Å². The molecule has 4 rings (SSSR count). The number of nitro benzene ring substituents is 1. The van der Waals surface area contributed by atoms with Gasteiger partial charge in [0.1, 0.15) is 5.57 Å². The molecule has 2 aromatic carbocycles. The van der Waals surface area contributed by atoms with Crippen LogP contribution in [0.25, 0.3) is 5.69 Å². The number of benzene rings is 2. The van der Waals surface area contributed by atoms with Crippen LogP contribution in [0.15, 0.2) is 66.1 Å². The minimum atomic E-state index is -0.652. The van der Waals surface area contributed by atoms with Crippen LogP contribution in [0.4, 0.5) is 5.69 Å². The number of nitrogens with zero attached hydrogens (tertiary/aromatic N) is 3. The van der Waals surface area contributed by atoms with Gasteiger partial charge in [-0.15, -0.1) is 0 Å². The zero-order chi connectivity index (χ0) is 22.1. The molecule has 0 aliphatic carbocycles. The number of para-hydroxylation sites is 1. The molecule has 0 fully saturated rings. The Labute approximate surface area is 177 Å². The molecule has 1 aromatic heterocycles. The summed E-state index contributed by atoms with van der Waals surface area (Å²) in [5, 5.41) is 15.7. The fourth-order valence-electron chi connectivity index (χ4n) is 3.69. The van der Waals surface area contributed by atoms with Crippen LogP contribution >= 0.6 is 0 Å². The lowest BCUT2D eigenvalue weighted by Gasteiger charge is -2.27. The Morgan fingerprint density at radius 1 is 1.23 bits per heavy atom. The molecule has 0 saturated heterocycles. The van der Waals surface area contributed by atoms with Gasteiger partial charge in [-0.25, -0.2) is 9.48 Å². The molecule has 3 aromatic rings. The minimum absolute atomic E-state index is 0.0534. The maximum Gasteiger partial charge on any atom is 0.340 e. The summed E-state index contributed by atoms with van der Waals surface area (Å²) in [5.41, 5.74) is 8.96. The maximum absolute atomic E-state index is 12.8. The standard InChI is InChI=1S/C22H20N4O5/c1-3-30-22(27)19-18(14-9-11-16(12-10-14)26(28)29)17-13(2)24-25(21(17)31-20(19)23)15-7-5-4-6-8-15/h4-12,18H,3,23H2,1-2H3/t18-/m1/s1. The molecule has 1 aliphatic rings. The molecule has 0 spiro atoms. The van der Waals surface area contributed by atoms with Gasteiger partial charge in [0.05, 0.1) is 34.4 Å². The van der Waals surface area contributed by atoms with E-state index in [9.17, 15) is 14.9 Å². The molecule has 1 atom stereocenters. The van der Waals surface area contributed by atoms with Crippen molar-refractivity contribution in [1.82, 2.24) is 9.78 Å². The summed E-state index contributed by atoms with van der Waals surface area (Å²) < 4.78 is 12.7. The van der Waals surface area contributed by atoms with E-state index < -0.39 is 16.8 Å². The second kappa shape index (κ2) is 7.94. The minimum Gasteiger partial charge on any atom is -0.462 e. The SMILES string of the molecule is CCOC(=O)C1=C(N)Oc2c(c(C)nn2-c2ccccc2)[C@H]1c1ccc([N+](=O)[O-])cc1. The molecule has 1 aliphatic heterocycles. The largest absolute Gasteiger partial charge is 0.462 e. The number of aryl methyl sites for hydroxylation is 1. The third-order valence-corrected chi connectivity index (χ3v) is 5.05. The number of ether oxygens (including phenoxy) is 2. The quantitative estimate of drug-likeness (QED) is 0.381. The molecule has 2 N–H and O–H groups in total. The molecule has 9 nitrogen and oxygen atoms in total. The lowest BCUT2D eigenvalue weighted by molar-refractivity contribution is -0.384. The van der Waals surface area contributed by atoms with Crippen LogP contribution in [0.1, 0.15) is 29.7 Å². The first-order chi connectivity index (χ1) is 14.9. The molecule has 2 heterocycles. The van der Waals surface area contributed by atoms with Crippen molar-refractivity contribution in [2.45, 2.75) is 19.8 Å². The Morgan fingerprint density at radius 3 is 2.52 bits per heavy atom. The lowest BCUT2D eigenvalue weighted by atomic mass is 9.83. The van der Waals surface area contributed by atoms with Gasteiger partial charge in [0.25, 0.3) is 5.69 Å². The van der Waals surface area contributed by atoms with Gasteiger partial charge >= 0.3 is 5.97 Å². The Morgan fingerprint density at radius 2 is 1.90 bits per heavy atom. The summed E-state index contributed by atoms with van der Waals surface area (Å²) in [7, 11) is 0. The molecule has 0 amide bonds. The smallest absolute Gasteiger partial charge is 0.340 e. The van der Waals surface area contributed by atoms with Crippen molar-refractivity contribution < 1.29 is 19.2 Å². The summed E-state index contributed by atoms with van der Waals surface area (Å²) in [6, 6.07) is 15.4. The van der Waals surface area contributed by atoms with Gasteiger partial charge in [0.15, 0.2) is 0 Å². The average molecular weight is 420 g/mol. The summed E-state index contributed by atoms with van der Waals surface area (Å²) >= 11 is 0. The Hall–Kier alpha value is -4.14. The highest BCUT2D eigenvalue weighted by atomic mass is 16.6. The fourth-order valence-corrected chi connectivity index (χ4v) is 3.69. The molecule has 0 saturated carbocycles. The number of non-ortho nitro benzene ring substituents is 1. The number of nitrogens with two attached hydrogens (primary N) is 1. The number of esters is 1. The summed E-state index contributed by atoms with van der Waals surface area (Å²) in [5.74, 6) is -0.967. The molecule has 9 heteroatoms. The van der Waals surface area contributed by atoms with Gasteiger partial charge in [-0.3, -0.25) is 10.1 Å². The molecular weight excluding hydrogens is 400 g/mol. The first-order valence-electron chi connectivity index (χ1n) is 9.66. The van der Waals surface area contributed by atoms with Crippen molar-refractivity contribution in [3.8, 4) is 11.6 Å². The van der Waals surface area contributed by atoms with Gasteiger partial charge in [-0.05, 0) is 31.5 Å². The van der Waals surface area contributed by atoms with Crippen molar-refractivity contribution in [3.63, 3.8) is 0 Å². The van der Waals surface area contributed by atoms with Crippen LogP contribution in [0.3, 0.4) is 0 Å². The number of carbonyl (C=O) groups excluding carboxylic acids is 1. The number of aromatic nitrogens is 2. The van der Waals surface area contributed by atoms with E-state index in [1.165, 1.54) is 12.1 Å². The van der Waals surface area contributed by atoms with Gasteiger partial charge in [-0.1, -0.05) is 30.3 Å². The highest BCUT2D eigenvalue weighted by Gasteiger charge is 2.39. The summed E-state index contributed by atoms with van der Waals surface area (Å²) in [6.07, 6.45) is 0. The Kier molecular flexibility index (Phi) is 5.16. The monoisotopic (exact) mass is 420 g/mol. The zero-order valence-corrected chi connectivity index (χ0v) is 16.9. The van der Waals surface area contributed by atoms with Crippen LogP contribution in [0.5, 0.6) is 5.88 Å². The fraction of sp³-hybridized carbons (Fsp3) is 0.182. The van der Waals surface area contributed by atoms with Crippen molar-refractivity contribution in [1.29, 1.82) is 0 Å². The van der Waals surface area contributed by atoms with Gasteiger partial charge in [-0.2, -0.15) is 5.10 Å². The van der Waals surface area contributed by atoms with Crippen molar-refractivity contribution in [3.05, 3.63) is 93.0 Å². The van der Waals surface area contributed by atoms with Gasteiger partial charge in [0, 0.05) is 12.1 Å². The highest BCUT2D eigenvalue weighted by Crippen LogP contribution is 2.45. The topological polar surface area (TPSA) is 123 Å². The van der Waals surface area contributed by atoms with E-state index in [-0.39, 0.29) is 23.8 Å². The van der Waals surface area contributed by atoms with Crippen LogP contribution in [-0.2, 0) is 9.53 Å². The third kappa shape index (κ3) is 3.50. The maximum atomic E-state index is 12.8. The van der Waals surface area contributed by atoms with Crippen LogP contribution in [-0.4, -0.2) is 27.3 Å². The molecular formula is C22H20N4O5. The third-order valence-electron chi connectivity index (χ3n) is 5.05. The molecule has 0 bridgehead atoms. The number of fused-ring (bicyclic) bond motifs is 1. The van der Waals surface area contributed by atoms with E-state index in [2.05, 4.69) is 5.10 Å². The number of rotatable bonds is 5. The van der Waals surface area contributed by atoms with E-state index in [1.54, 1.807) is 23.7 Å². The van der Waals surface area contributed by atoms with E-state index in [0.29, 0.717) is 22.7 Å². The second-order valence-corrected chi connectivity index (χ2v) is 6.93. The van der Waals surface area contributed by atoms with Gasteiger partial charge in [0.2, 0.25) is 11.8 Å². The Balaban J connectivity index is 1.92. The predicted molar refractivity (Wildman–Crippen MR) is 112 cm³/mol. The normalized spacial score (nSPS) is 15.2. The first-order valence-corrected chi connectivity index (χ1v) is 9.66. The van der Waals surface area contributed by atoms with E-state index >= 15 is 0 Å². The number of carbonyl (C=O) groups is 1. The summed E-state index contributed by atoms with van der Waals surface area (Å²) in [4.78, 5) is 23.4. The zero-order valence-electron chi connectivity index (χ0n) is 16.9. The van der Waals surface area contributed by atoms with E-state index in [4.69, 9.17) is 15.2 Å². The van der Waals surface area contributed by atoms with Crippen LogP contribution in [0, 0.1) is 17.0 Å². The molecule has 0 unspecified atom stereocenters. The lowest BCUT2D eigenvalue weighted by Crippen LogP contribution is -2.28.